The van der Waals surface area contributed by atoms with Gasteiger partial charge in [-0.15, -0.1) is 0 Å². The van der Waals surface area contributed by atoms with E-state index in [1.807, 2.05) is 0 Å². The fourth-order valence-electron chi connectivity index (χ4n) is 4.12. The molecule has 0 saturated carbocycles. The van der Waals surface area contributed by atoms with Gasteiger partial charge in [0.25, 0.3) is 5.91 Å². The summed E-state index contributed by atoms with van der Waals surface area (Å²) in [5, 5.41) is 4.87. The molecule has 0 spiro atoms. The topological polar surface area (TPSA) is 51.0 Å². The molecule has 4 aromatic rings. The summed E-state index contributed by atoms with van der Waals surface area (Å²) in [5.41, 5.74) is 0.241. The first-order chi connectivity index (χ1) is 15.2. The Morgan fingerprint density at radius 2 is 1.88 bits per heavy atom. The molecule has 0 saturated heterocycles. The normalized spacial score (nSPS) is 13.8. The zero-order valence-electron chi connectivity index (χ0n) is 16.8. The highest BCUT2D eigenvalue weighted by Gasteiger charge is 2.37. The zero-order chi connectivity index (χ0) is 22.6. The van der Waals surface area contributed by atoms with E-state index in [1.54, 1.807) is 48.3 Å². The third kappa shape index (κ3) is 3.30. The van der Waals surface area contributed by atoms with Gasteiger partial charge in [0.1, 0.15) is 5.82 Å². The minimum Gasteiger partial charge on any atom is -0.328 e. The first kappa shape index (κ1) is 20.2. The molecule has 2 aromatic heterocycles. The van der Waals surface area contributed by atoms with Crippen molar-refractivity contribution in [2.75, 3.05) is 0 Å². The van der Waals surface area contributed by atoms with E-state index in [4.69, 9.17) is 0 Å². The van der Waals surface area contributed by atoms with E-state index in [0.29, 0.717) is 27.7 Å². The lowest BCUT2D eigenvalue weighted by Crippen LogP contribution is -2.26. The van der Waals surface area contributed by atoms with Crippen LogP contribution < -0.4 is 0 Å². The van der Waals surface area contributed by atoms with Crippen molar-refractivity contribution in [2.24, 2.45) is 7.05 Å². The van der Waals surface area contributed by atoms with E-state index in [2.05, 4.69) is 10.1 Å². The summed E-state index contributed by atoms with van der Waals surface area (Å²) in [5.74, 6) is -1.49. The van der Waals surface area contributed by atoms with Gasteiger partial charge in [0.2, 0.25) is 0 Å². The van der Waals surface area contributed by atoms with Crippen molar-refractivity contribution in [3.63, 3.8) is 0 Å². The molecule has 0 bridgehead atoms. The number of alkyl halides is 3. The maximum atomic E-state index is 15.2. The lowest BCUT2D eigenvalue weighted by molar-refractivity contribution is -0.138. The summed E-state index contributed by atoms with van der Waals surface area (Å²) in [7, 11) is 1.70. The summed E-state index contributed by atoms with van der Waals surface area (Å²) in [4.78, 5) is 17.9. The van der Waals surface area contributed by atoms with Crippen molar-refractivity contribution in [2.45, 2.75) is 19.3 Å². The van der Waals surface area contributed by atoms with Crippen molar-refractivity contribution >= 4 is 16.8 Å². The molecule has 0 radical (unpaired) electrons. The van der Waals surface area contributed by atoms with Crippen molar-refractivity contribution < 1.29 is 22.4 Å². The largest absolute Gasteiger partial charge is 0.416 e. The van der Waals surface area contributed by atoms with Crippen LogP contribution in [-0.4, -0.2) is 25.6 Å². The van der Waals surface area contributed by atoms with Crippen LogP contribution in [-0.2, 0) is 26.3 Å². The van der Waals surface area contributed by atoms with Gasteiger partial charge in [-0.1, -0.05) is 12.1 Å². The van der Waals surface area contributed by atoms with Gasteiger partial charge in [-0.2, -0.15) is 18.3 Å². The Morgan fingerprint density at radius 1 is 1.09 bits per heavy atom. The van der Waals surface area contributed by atoms with Crippen LogP contribution in [0.1, 0.15) is 27.2 Å². The lowest BCUT2D eigenvalue weighted by Gasteiger charge is -2.21. The van der Waals surface area contributed by atoms with Crippen LogP contribution in [0.2, 0.25) is 0 Å². The number of rotatable bonds is 3. The number of pyridine rings is 1. The molecule has 1 aliphatic rings. The second-order valence-electron chi connectivity index (χ2n) is 7.68. The standard InChI is InChI=1S/C23H16F4N4O/c1-30-10-16-14(4-2-6-20(16)29-30)13-8-18(23(25,26)27)17(19(24)9-13)11-31-12-21-15(22(31)32)5-3-7-28-21/h2-10H,11-12H2,1H3. The zero-order valence-corrected chi connectivity index (χ0v) is 16.8. The Kier molecular flexibility index (Phi) is 4.51. The molecule has 1 aliphatic heterocycles. The Hall–Kier alpha value is -3.75. The number of hydrogen-bond acceptors (Lipinski definition) is 3. The number of nitrogens with zero attached hydrogens (tertiary/aromatic N) is 4. The smallest absolute Gasteiger partial charge is 0.328 e. The number of benzene rings is 2. The van der Waals surface area contributed by atoms with Gasteiger partial charge in [-0.05, 0) is 41.5 Å². The van der Waals surface area contributed by atoms with E-state index in [1.165, 1.54) is 11.1 Å². The van der Waals surface area contributed by atoms with Crippen LogP contribution in [0.15, 0.2) is 54.9 Å². The van der Waals surface area contributed by atoms with Gasteiger partial charge in [0.05, 0.1) is 28.9 Å². The first-order valence-corrected chi connectivity index (χ1v) is 9.78. The summed E-state index contributed by atoms with van der Waals surface area (Å²) in [6, 6.07) is 10.2. The van der Waals surface area contributed by atoms with Crippen molar-refractivity contribution in [1.82, 2.24) is 19.7 Å². The summed E-state index contributed by atoms with van der Waals surface area (Å²) >= 11 is 0. The maximum absolute atomic E-state index is 15.2. The molecule has 1 amide bonds. The highest BCUT2D eigenvalue weighted by atomic mass is 19.4. The van der Waals surface area contributed by atoms with E-state index in [9.17, 15) is 18.0 Å². The monoisotopic (exact) mass is 440 g/mol. The maximum Gasteiger partial charge on any atom is 0.416 e. The molecule has 0 fully saturated rings. The molecule has 5 rings (SSSR count). The molecule has 0 N–H and O–H groups in total. The summed E-state index contributed by atoms with van der Waals surface area (Å²) in [6.45, 7) is -0.476. The number of carbonyl (C=O) groups is 1. The van der Waals surface area contributed by atoms with Crippen LogP contribution in [0.5, 0.6) is 0 Å². The van der Waals surface area contributed by atoms with Crippen LogP contribution in [0.3, 0.4) is 0 Å². The van der Waals surface area contributed by atoms with Crippen molar-refractivity contribution in [3.05, 3.63) is 83.1 Å². The second-order valence-corrected chi connectivity index (χ2v) is 7.68. The average molecular weight is 440 g/mol. The Morgan fingerprint density at radius 3 is 2.62 bits per heavy atom. The second kappa shape index (κ2) is 7.15. The van der Waals surface area contributed by atoms with Crippen LogP contribution in [0, 0.1) is 5.82 Å². The van der Waals surface area contributed by atoms with E-state index < -0.39 is 35.6 Å². The van der Waals surface area contributed by atoms with E-state index in [-0.39, 0.29) is 12.1 Å². The minimum absolute atomic E-state index is 0.0302. The average Bonchev–Trinajstić information content (AvgIpc) is 3.27. The number of carbonyl (C=O) groups excluding carboxylic acids is 1. The third-order valence-corrected chi connectivity index (χ3v) is 5.57. The Labute approximate surface area is 179 Å². The molecule has 3 heterocycles. The summed E-state index contributed by atoms with van der Waals surface area (Å²) in [6.07, 6.45) is -1.62. The molecular formula is C23H16F4N4O. The molecule has 5 nitrogen and oxygen atoms in total. The molecule has 0 aliphatic carbocycles. The fourth-order valence-corrected chi connectivity index (χ4v) is 4.12. The van der Waals surface area contributed by atoms with Gasteiger partial charge in [-0.25, -0.2) is 4.39 Å². The highest BCUT2D eigenvalue weighted by Crippen LogP contribution is 2.39. The number of aromatic nitrogens is 3. The number of amides is 1. The van der Waals surface area contributed by atoms with Gasteiger partial charge in [-0.3, -0.25) is 14.5 Å². The predicted molar refractivity (Wildman–Crippen MR) is 109 cm³/mol. The van der Waals surface area contributed by atoms with Crippen LogP contribution >= 0.6 is 0 Å². The molecule has 9 heteroatoms. The van der Waals surface area contributed by atoms with E-state index >= 15 is 4.39 Å². The minimum atomic E-state index is -4.80. The molecule has 0 unspecified atom stereocenters. The molecule has 162 valence electrons. The van der Waals surface area contributed by atoms with Crippen LogP contribution in [0.4, 0.5) is 17.6 Å². The predicted octanol–water partition coefficient (Wildman–Crippen LogP) is 4.95. The van der Waals surface area contributed by atoms with Gasteiger partial charge in [0, 0.05) is 36.9 Å². The first-order valence-electron chi connectivity index (χ1n) is 9.78. The van der Waals surface area contributed by atoms with Crippen molar-refractivity contribution in [3.8, 4) is 11.1 Å². The number of hydrogen-bond donors (Lipinski definition) is 0. The van der Waals surface area contributed by atoms with Gasteiger partial charge >= 0.3 is 6.18 Å². The van der Waals surface area contributed by atoms with Gasteiger partial charge < -0.3 is 4.90 Å². The fraction of sp³-hybridized carbons (Fsp3) is 0.174. The molecule has 32 heavy (non-hydrogen) atoms. The SMILES string of the molecule is Cn1cc2c(-c3cc(F)c(CN4Cc5ncccc5C4=O)c(C(F)(F)F)c3)cccc2n1. The Balaban J connectivity index is 1.60. The lowest BCUT2D eigenvalue weighted by atomic mass is 9.96. The van der Waals surface area contributed by atoms with Crippen molar-refractivity contribution in [1.29, 1.82) is 0 Å². The molecule has 0 atom stereocenters. The number of aryl methyl sites for hydroxylation is 1. The highest BCUT2D eigenvalue weighted by molar-refractivity contribution is 5.98. The molecule has 2 aromatic carbocycles. The number of halogens is 4. The van der Waals surface area contributed by atoms with Crippen LogP contribution in [0.25, 0.3) is 22.0 Å². The quantitative estimate of drug-likeness (QED) is 0.424. The van der Waals surface area contributed by atoms with Gasteiger partial charge in [0.15, 0.2) is 0 Å². The van der Waals surface area contributed by atoms with E-state index in [0.717, 1.165) is 12.1 Å². The molecular weight excluding hydrogens is 424 g/mol. The third-order valence-electron chi connectivity index (χ3n) is 5.57. The summed E-state index contributed by atoms with van der Waals surface area (Å²) < 4.78 is 58.6. The number of fused-ring (bicyclic) bond motifs is 2. The Bertz CT molecular complexity index is 1380.